The van der Waals surface area contributed by atoms with Gasteiger partial charge in [0.05, 0.1) is 9.79 Å². The Hall–Kier alpha value is -2.09. The highest BCUT2D eigenvalue weighted by Crippen LogP contribution is 2.40. The number of hydrogen-bond donors (Lipinski definition) is 2. The zero-order chi connectivity index (χ0) is 23.1. The van der Waals surface area contributed by atoms with Crippen LogP contribution in [0.1, 0.15) is 22.3 Å². The van der Waals surface area contributed by atoms with Gasteiger partial charge in [-0.3, -0.25) is 9.11 Å². The lowest BCUT2D eigenvalue weighted by Gasteiger charge is -2.27. The number of benzene rings is 3. The largest absolute Gasteiger partial charge is 0.294 e. The molecule has 0 bridgehead atoms. The lowest BCUT2D eigenvalue weighted by Crippen LogP contribution is -2.29. The molecule has 2 N–H and O–H groups in total. The molecule has 0 saturated heterocycles. The standard InChI is InChI=1S/C22H23O6PS2/c1-14-10-12-19(30(23,24)25)16(3)21(14)29(18-8-6-5-7-9-18)22-15(2)11-13-20(17(22)4)31(26,27)28/h5-13H,1-4H3,(H,23,24,25)(H,26,27,28). The summed E-state index contributed by atoms with van der Waals surface area (Å²) in [6.45, 7) is 6.99. The maximum Gasteiger partial charge on any atom is 0.294 e. The zero-order valence-electron chi connectivity index (χ0n) is 17.5. The molecule has 0 unspecified atom stereocenters. The smallest absolute Gasteiger partial charge is 0.282 e. The third-order valence-corrected chi connectivity index (χ3v) is 10.3. The monoisotopic (exact) mass is 478 g/mol. The average Bonchev–Trinajstić information content (AvgIpc) is 2.65. The maximum atomic E-state index is 12.0. The van der Waals surface area contributed by atoms with Crippen LogP contribution in [0.2, 0.25) is 0 Å². The molecule has 0 radical (unpaired) electrons. The normalized spacial score (nSPS) is 12.4. The van der Waals surface area contributed by atoms with Crippen molar-refractivity contribution < 1.29 is 25.9 Å². The van der Waals surface area contributed by atoms with Crippen LogP contribution in [0.4, 0.5) is 0 Å². The molecule has 164 valence electrons. The van der Waals surface area contributed by atoms with Crippen molar-refractivity contribution in [1.82, 2.24) is 0 Å². The molecular formula is C22H23O6PS2. The second-order valence-corrected chi connectivity index (χ2v) is 12.2. The van der Waals surface area contributed by atoms with Crippen LogP contribution in [0.25, 0.3) is 0 Å². The summed E-state index contributed by atoms with van der Waals surface area (Å²) < 4.78 is 67.4. The van der Waals surface area contributed by atoms with E-state index in [0.29, 0.717) is 11.1 Å². The fourth-order valence-electron chi connectivity index (χ4n) is 3.83. The van der Waals surface area contributed by atoms with E-state index in [9.17, 15) is 25.9 Å². The summed E-state index contributed by atoms with van der Waals surface area (Å²) in [5.41, 5.74) is 2.45. The summed E-state index contributed by atoms with van der Waals surface area (Å²) >= 11 is 0. The Morgan fingerprint density at radius 2 is 1.00 bits per heavy atom. The first-order valence-electron chi connectivity index (χ1n) is 9.34. The van der Waals surface area contributed by atoms with Crippen molar-refractivity contribution in [2.24, 2.45) is 0 Å². The molecule has 0 fully saturated rings. The SMILES string of the molecule is Cc1ccc(S(=O)(=O)O)c(C)c1P(c1ccccc1)c1c(C)ccc(S(=O)(=O)O)c1C. The van der Waals surface area contributed by atoms with E-state index in [1.165, 1.54) is 12.1 Å². The van der Waals surface area contributed by atoms with E-state index < -0.39 is 28.2 Å². The van der Waals surface area contributed by atoms with Crippen molar-refractivity contribution in [3.8, 4) is 0 Å². The molecule has 0 aliphatic heterocycles. The van der Waals surface area contributed by atoms with E-state index in [2.05, 4.69) is 0 Å². The highest BCUT2D eigenvalue weighted by molar-refractivity contribution is 7.86. The fourth-order valence-corrected chi connectivity index (χ4v) is 8.41. The van der Waals surface area contributed by atoms with Gasteiger partial charge in [-0.2, -0.15) is 16.8 Å². The van der Waals surface area contributed by atoms with E-state index in [4.69, 9.17) is 0 Å². The van der Waals surface area contributed by atoms with Gasteiger partial charge < -0.3 is 0 Å². The van der Waals surface area contributed by atoms with Crippen LogP contribution >= 0.6 is 7.92 Å². The molecule has 0 heterocycles. The predicted octanol–water partition coefficient (Wildman–Crippen LogP) is 3.17. The van der Waals surface area contributed by atoms with Gasteiger partial charge in [0.2, 0.25) is 0 Å². The Kier molecular flexibility index (Phi) is 6.42. The molecule has 0 saturated carbocycles. The Balaban J connectivity index is 2.49. The molecule has 0 amide bonds. The van der Waals surface area contributed by atoms with Crippen molar-refractivity contribution in [3.63, 3.8) is 0 Å². The molecule has 0 aromatic heterocycles. The maximum absolute atomic E-state index is 12.0. The van der Waals surface area contributed by atoms with Gasteiger partial charge in [-0.25, -0.2) is 0 Å². The topological polar surface area (TPSA) is 109 Å². The first-order chi connectivity index (χ1) is 14.3. The Morgan fingerprint density at radius 3 is 1.35 bits per heavy atom. The molecule has 0 aliphatic carbocycles. The van der Waals surface area contributed by atoms with Gasteiger partial charge in [-0.15, -0.1) is 0 Å². The quantitative estimate of drug-likeness (QED) is 0.431. The van der Waals surface area contributed by atoms with Crippen LogP contribution in [0.15, 0.2) is 64.4 Å². The minimum atomic E-state index is -4.45. The van der Waals surface area contributed by atoms with E-state index in [-0.39, 0.29) is 9.79 Å². The molecule has 3 aromatic rings. The average molecular weight is 479 g/mol. The van der Waals surface area contributed by atoms with E-state index in [1.54, 1.807) is 26.0 Å². The van der Waals surface area contributed by atoms with Crippen molar-refractivity contribution in [1.29, 1.82) is 0 Å². The van der Waals surface area contributed by atoms with Crippen LogP contribution in [-0.2, 0) is 20.2 Å². The minimum absolute atomic E-state index is 0.183. The highest BCUT2D eigenvalue weighted by atomic mass is 32.2. The first kappa shape index (κ1) is 23.6. The molecule has 9 heteroatoms. The van der Waals surface area contributed by atoms with E-state index in [1.807, 2.05) is 44.2 Å². The molecule has 6 nitrogen and oxygen atoms in total. The fraction of sp³-hybridized carbons (Fsp3) is 0.182. The van der Waals surface area contributed by atoms with E-state index >= 15 is 0 Å². The van der Waals surface area contributed by atoms with Crippen LogP contribution in [-0.4, -0.2) is 25.9 Å². The molecule has 31 heavy (non-hydrogen) atoms. The highest BCUT2D eigenvalue weighted by Gasteiger charge is 2.29. The lowest BCUT2D eigenvalue weighted by atomic mass is 10.1. The summed E-state index contributed by atoms with van der Waals surface area (Å²) in [7, 11) is -10.3. The minimum Gasteiger partial charge on any atom is -0.282 e. The Labute approximate surface area is 184 Å². The van der Waals surface area contributed by atoms with Gasteiger partial charge in [0, 0.05) is 0 Å². The molecular weight excluding hydrogens is 455 g/mol. The van der Waals surface area contributed by atoms with Crippen molar-refractivity contribution in [3.05, 3.63) is 76.9 Å². The van der Waals surface area contributed by atoms with Gasteiger partial charge in [-0.05, 0) is 85.9 Å². The van der Waals surface area contributed by atoms with Gasteiger partial charge >= 0.3 is 0 Å². The van der Waals surface area contributed by atoms with Crippen molar-refractivity contribution in [2.75, 3.05) is 0 Å². The van der Waals surface area contributed by atoms with Crippen molar-refractivity contribution in [2.45, 2.75) is 37.5 Å². The number of rotatable bonds is 5. The number of aryl methyl sites for hydroxylation is 2. The zero-order valence-corrected chi connectivity index (χ0v) is 20.0. The Morgan fingerprint density at radius 1 is 0.613 bits per heavy atom. The molecule has 0 spiro atoms. The van der Waals surface area contributed by atoms with Gasteiger partial charge in [0.15, 0.2) is 0 Å². The molecule has 0 aliphatic rings. The van der Waals surface area contributed by atoms with Crippen LogP contribution in [0.5, 0.6) is 0 Å². The molecule has 3 rings (SSSR count). The molecule has 3 aromatic carbocycles. The van der Waals surface area contributed by atoms with Gasteiger partial charge in [0.25, 0.3) is 20.2 Å². The van der Waals surface area contributed by atoms with Crippen molar-refractivity contribution >= 4 is 44.1 Å². The van der Waals surface area contributed by atoms with Gasteiger partial charge in [-0.1, -0.05) is 42.5 Å². The summed E-state index contributed by atoms with van der Waals surface area (Å²) in [6, 6.07) is 15.4. The van der Waals surface area contributed by atoms with Gasteiger partial charge in [0.1, 0.15) is 0 Å². The summed E-state index contributed by atoms with van der Waals surface area (Å²) in [5.74, 6) is 0. The molecule has 0 atom stereocenters. The van der Waals surface area contributed by atoms with Crippen LogP contribution < -0.4 is 15.9 Å². The summed E-state index contributed by atoms with van der Waals surface area (Å²) in [4.78, 5) is -0.365. The second-order valence-electron chi connectivity index (χ2n) is 7.33. The summed E-state index contributed by atoms with van der Waals surface area (Å²) in [5, 5.41) is 2.32. The predicted molar refractivity (Wildman–Crippen MR) is 124 cm³/mol. The second kappa shape index (κ2) is 8.45. The Bertz CT molecular complexity index is 1280. The number of hydrogen-bond acceptors (Lipinski definition) is 4. The third kappa shape index (κ3) is 4.59. The summed E-state index contributed by atoms with van der Waals surface area (Å²) in [6.07, 6.45) is 0. The van der Waals surface area contributed by atoms with E-state index in [0.717, 1.165) is 27.0 Å². The lowest BCUT2D eigenvalue weighted by molar-refractivity contribution is 0.480. The first-order valence-corrected chi connectivity index (χ1v) is 13.6. The van der Waals surface area contributed by atoms with Crippen LogP contribution in [0, 0.1) is 27.7 Å². The van der Waals surface area contributed by atoms with Crippen LogP contribution in [0.3, 0.4) is 0 Å². The third-order valence-electron chi connectivity index (χ3n) is 5.18.